The van der Waals surface area contributed by atoms with Crippen molar-refractivity contribution in [1.82, 2.24) is 15.1 Å². The average molecular weight is 325 g/mol. The quantitative estimate of drug-likeness (QED) is 0.874. The normalized spacial score (nSPS) is 18.7. The molecule has 0 aromatic heterocycles. The minimum Gasteiger partial charge on any atom is -0.358 e. The Balaban J connectivity index is 1.69. The van der Waals surface area contributed by atoms with Gasteiger partial charge in [0.1, 0.15) is 0 Å². The van der Waals surface area contributed by atoms with E-state index in [1.807, 2.05) is 6.07 Å². The number of nitrogens with zero attached hydrogens (tertiary/aromatic N) is 2. The fraction of sp³-hybridized carbons (Fsp3) is 0.316. The van der Waals surface area contributed by atoms with Crippen molar-refractivity contribution < 1.29 is 0 Å². The van der Waals surface area contributed by atoms with Crippen molar-refractivity contribution in [1.29, 1.82) is 0 Å². The Labute approximate surface area is 143 Å². The molecule has 1 fully saturated rings. The van der Waals surface area contributed by atoms with Crippen LogP contribution in [0.25, 0.3) is 0 Å². The van der Waals surface area contributed by atoms with Gasteiger partial charge in [0.05, 0.1) is 6.04 Å². The van der Waals surface area contributed by atoms with E-state index in [0.29, 0.717) is 6.04 Å². The van der Waals surface area contributed by atoms with E-state index in [1.165, 1.54) is 11.1 Å². The van der Waals surface area contributed by atoms with Crippen molar-refractivity contribution in [3.8, 4) is 0 Å². The third-order valence-corrected chi connectivity index (χ3v) is 4.69. The Hall–Kier alpha value is -1.91. The molecular formula is C19H23N3S. The lowest BCUT2D eigenvalue weighted by atomic mass is 10.0. The maximum absolute atomic E-state index is 5.69. The number of rotatable bonds is 3. The van der Waals surface area contributed by atoms with Crippen LogP contribution < -0.4 is 5.32 Å². The molecule has 1 atom stereocenters. The van der Waals surface area contributed by atoms with Crippen LogP contribution in [-0.2, 0) is 6.54 Å². The summed E-state index contributed by atoms with van der Waals surface area (Å²) in [4.78, 5) is 4.70. The number of hydrogen-bond acceptors (Lipinski definition) is 2. The molecule has 0 amide bonds. The molecule has 1 N–H and O–H groups in total. The van der Waals surface area contributed by atoms with Gasteiger partial charge in [0.2, 0.25) is 0 Å². The van der Waals surface area contributed by atoms with Crippen molar-refractivity contribution in [2.45, 2.75) is 12.6 Å². The van der Waals surface area contributed by atoms with Crippen LogP contribution in [0.2, 0.25) is 0 Å². The Morgan fingerprint density at radius 3 is 2.39 bits per heavy atom. The van der Waals surface area contributed by atoms with Crippen LogP contribution in [0.3, 0.4) is 0 Å². The molecule has 120 valence electrons. The topological polar surface area (TPSA) is 18.5 Å². The largest absolute Gasteiger partial charge is 0.358 e. The Morgan fingerprint density at radius 1 is 1.04 bits per heavy atom. The number of benzene rings is 2. The van der Waals surface area contributed by atoms with Gasteiger partial charge in [-0.3, -0.25) is 0 Å². The molecule has 23 heavy (non-hydrogen) atoms. The summed E-state index contributed by atoms with van der Waals surface area (Å²) in [5, 5.41) is 4.27. The number of piperazine rings is 1. The van der Waals surface area contributed by atoms with Gasteiger partial charge in [0.15, 0.2) is 5.11 Å². The Kier molecular flexibility index (Phi) is 5.26. The summed E-state index contributed by atoms with van der Waals surface area (Å²) < 4.78 is 0. The monoisotopic (exact) mass is 325 g/mol. The van der Waals surface area contributed by atoms with Crippen LogP contribution in [0.5, 0.6) is 0 Å². The van der Waals surface area contributed by atoms with Crippen LogP contribution >= 0.6 is 12.2 Å². The van der Waals surface area contributed by atoms with Crippen molar-refractivity contribution in [3.05, 3.63) is 71.8 Å². The zero-order chi connectivity index (χ0) is 16.1. The van der Waals surface area contributed by atoms with E-state index in [1.54, 1.807) is 0 Å². The molecule has 2 aromatic rings. The minimum absolute atomic E-state index is 0.311. The van der Waals surface area contributed by atoms with Crippen molar-refractivity contribution >= 4 is 17.3 Å². The maximum Gasteiger partial charge on any atom is 0.169 e. The van der Waals surface area contributed by atoms with E-state index in [-0.39, 0.29) is 0 Å². The lowest BCUT2D eigenvalue weighted by molar-refractivity contribution is 0.150. The lowest BCUT2D eigenvalue weighted by Gasteiger charge is -2.41. The fourth-order valence-corrected chi connectivity index (χ4v) is 3.29. The number of hydrogen-bond donors (Lipinski definition) is 1. The molecule has 0 bridgehead atoms. The molecule has 0 radical (unpaired) electrons. The highest BCUT2D eigenvalue weighted by atomic mass is 32.1. The summed E-state index contributed by atoms with van der Waals surface area (Å²) >= 11 is 5.69. The zero-order valence-electron chi connectivity index (χ0n) is 13.5. The third kappa shape index (κ3) is 4.09. The highest BCUT2D eigenvalue weighted by Gasteiger charge is 2.28. The number of nitrogens with one attached hydrogen (secondary N) is 1. The van der Waals surface area contributed by atoms with Gasteiger partial charge in [0, 0.05) is 26.2 Å². The lowest BCUT2D eigenvalue weighted by Crippen LogP contribution is -2.52. The summed E-state index contributed by atoms with van der Waals surface area (Å²) in [6.07, 6.45) is 0. The van der Waals surface area contributed by atoms with E-state index >= 15 is 0 Å². The standard InChI is InChI=1S/C19H23N3S/c1-21-12-13-22(18(15-21)17-10-6-3-7-11-17)19(23)20-14-16-8-4-2-5-9-16/h2-11,18H,12-15H2,1H3,(H,20,23)/t18-/m1/s1. The molecule has 0 spiro atoms. The third-order valence-electron chi connectivity index (χ3n) is 4.32. The molecule has 1 aliphatic rings. The summed E-state index contributed by atoms with van der Waals surface area (Å²) in [6, 6.07) is 21.3. The number of likely N-dealkylation sites (N-methyl/N-ethyl adjacent to an activating group) is 1. The fourth-order valence-electron chi connectivity index (χ4n) is 3.00. The van der Waals surface area contributed by atoms with Gasteiger partial charge in [-0.1, -0.05) is 60.7 Å². The molecule has 0 unspecified atom stereocenters. The van der Waals surface area contributed by atoms with E-state index in [0.717, 1.165) is 31.3 Å². The Morgan fingerprint density at radius 2 is 1.70 bits per heavy atom. The zero-order valence-corrected chi connectivity index (χ0v) is 14.3. The van der Waals surface area contributed by atoms with Crippen LogP contribution in [0.1, 0.15) is 17.2 Å². The van der Waals surface area contributed by atoms with E-state index in [9.17, 15) is 0 Å². The SMILES string of the molecule is CN1CCN(C(=S)NCc2ccccc2)[C@@H](c2ccccc2)C1. The Bertz CT molecular complexity index is 630. The van der Waals surface area contributed by atoms with Gasteiger partial charge in [0.25, 0.3) is 0 Å². The molecule has 1 saturated heterocycles. The van der Waals surface area contributed by atoms with Crippen molar-refractivity contribution in [3.63, 3.8) is 0 Å². The van der Waals surface area contributed by atoms with E-state index in [4.69, 9.17) is 12.2 Å². The molecular weight excluding hydrogens is 302 g/mol. The highest BCUT2D eigenvalue weighted by molar-refractivity contribution is 7.80. The van der Waals surface area contributed by atoms with Gasteiger partial charge in [-0.15, -0.1) is 0 Å². The minimum atomic E-state index is 0.311. The molecule has 2 aromatic carbocycles. The smallest absolute Gasteiger partial charge is 0.169 e. The summed E-state index contributed by atoms with van der Waals surface area (Å²) in [5.41, 5.74) is 2.57. The van der Waals surface area contributed by atoms with Gasteiger partial charge in [-0.25, -0.2) is 0 Å². The number of thiocarbonyl (C=S) groups is 1. The van der Waals surface area contributed by atoms with Crippen LogP contribution in [-0.4, -0.2) is 41.6 Å². The average Bonchev–Trinajstić information content (AvgIpc) is 2.61. The van der Waals surface area contributed by atoms with Crippen LogP contribution in [0, 0.1) is 0 Å². The first-order valence-electron chi connectivity index (χ1n) is 8.06. The maximum atomic E-state index is 5.69. The molecule has 3 nitrogen and oxygen atoms in total. The summed E-state index contributed by atoms with van der Waals surface area (Å²) in [5.74, 6) is 0. The first-order valence-corrected chi connectivity index (χ1v) is 8.47. The van der Waals surface area contributed by atoms with Crippen LogP contribution in [0.15, 0.2) is 60.7 Å². The van der Waals surface area contributed by atoms with Gasteiger partial charge in [-0.2, -0.15) is 0 Å². The summed E-state index contributed by atoms with van der Waals surface area (Å²) in [7, 11) is 2.17. The van der Waals surface area contributed by atoms with Crippen LogP contribution in [0.4, 0.5) is 0 Å². The van der Waals surface area contributed by atoms with Gasteiger partial charge >= 0.3 is 0 Å². The van der Waals surface area contributed by atoms with Gasteiger partial charge in [-0.05, 0) is 30.4 Å². The molecule has 1 aliphatic heterocycles. The molecule has 1 heterocycles. The molecule has 0 aliphatic carbocycles. The predicted octanol–water partition coefficient (Wildman–Crippen LogP) is 3.05. The molecule has 4 heteroatoms. The van der Waals surface area contributed by atoms with E-state index < -0.39 is 0 Å². The first-order chi connectivity index (χ1) is 11.2. The van der Waals surface area contributed by atoms with Crippen molar-refractivity contribution in [2.75, 3.05) is 26.7 Å². The van der Waals surface area contributed by atoms with E-state index in [2.05, 4.69) is 76.8 Å². The highest BCUT2D eigenvalue weighted by Crippen LogP contribution is 2.24. The predicted molar refractivity (Wildman–Crippen MR) is 99.3 cm³/mol. The van der Waals surface area contributed by atoms with Gasteiger partial charge < -0.3 is 15.1 Å². The molecule has 0 saturated carbocycles. The van der Waals surface area contributed by atoms with Crippen molar-refractivity contribution in [2.24, 2.45) is 0 Å². The summed E-state index contributed by atoms with van der Waals surface area (Å²) in [6.45, 7) is 3.76. The first kappa shape index (κ1) is 16.0. The second kappa shape index (κ2) is 7.57. The molecule has 3 rings (SSSR count). The second-order valence-corrected chi connectivity index (χ2v) is 6.41. The second-order valence-electron chi connectivity index (χ2n) is 6.03.